The highest BCUT2D eigenvalue weighted by atomic mass is 35.5. The van der Waals surface area contributed by atoms with Crippen molar-refractivity contribution in [1.82, 2.24) is 5.32 Å². The Morgan fingerprint density at radius 3 is 2.68 bits per heavy atom. The Kier molecular flexibility index (Phi) is 6.41. The summed E-state index contributed by atoms with van der Waals surface area (Å²) in [5.74, 6) is 0.876. The minimum Gasteiger partial charge on any atom is -0.493 e. The fourth-order valence-electron chi connectivity index (χ4n) is 2.77. The number of hydrogen-bond acceptors (Lipinski definition) is 4. The highest BCUT2D eigenvalue weighted by Crippen LogP contribution is 2.36. The first kappa shape index (κ1) is 20.0. The number of carbonyl (C=O) groups excluding carboxylic acids is 2. The molecule has 148 valence electrons. The standard InChI is InChI=1S/C21H23ClN2O4/c1-3-28-19-17(22)9-13(10-18(19)27-2)12-23-20(25)15-5-4-6-16(11-15)24-21(26)14-7-8-14/h4-6,9-11,14H,3,7-8,12H2,1-2H3,(H,23,25)(H,24,26). The predicted octanol–water partition coefficient (Wildman–Crippen LogP) is 4.03. The minimum atomic E-state index is -0.244. The van der Waals surface area contributed by atoms with Gasteiger partial charge in [0.1, 0.15) is 0 Å². The quantitative estimate of drug-likeness (QED) is 0.699. The lowest BCUT2D eigenvalue weighted by atomic mass is 10.1. The molecule has 0 heterocycles. The molecule has 0 radical (unpaired) electrons. The molecule has 1 aliphatic carbocycles. The molecule has 0 unspecified atom stereocenters. The van der Waals surface area contributed by atoms with Crippen LogP contribution in [0.1, 0.15) is 35.7 Å². The molecule has 0 bridgehead atoms. The summed E-state index contributed by atoms with van der Waals surface area (Å²) in [6, 6.07) is 10.4. The summed E-state index contributed by atoms with van der Waals surface area (Å²) >= 11 is 6.27. The van der Waals surface area contributed by atoms with Crippen LogP contribution in [0, 0.1) is 5.92 Å². The molecule has 2 amide bonds. The average Bonchev–Trinajstić information content (AvgIpc) is 3.53. The van der Waals surface area contributed by atoms with Crippen molar-refractivity contribution in [3.8, 4) is 11.5 Å². The van der Waals surface area contributed by atoms with Crippen LogP contribution in [0.3, 0.4) is 0 Å². The lowest BCUT2D eigenvalue weighted by Gasteiger charge is -2.14. The first-order valence-electron chi connectivity index (χ1n) is 9.20. The molecule has 2 aromatic carbocycles. The van der Waals surface area contributed by atoms with Gasteiger partial charge in [-0.05, 0) is 55.7 Å². The van der Waals surface area contributed by atoms with Crippen LogP contribution >= 0.6 is 11.6 Å². The van der Waals surface area contributed by atoms with Gasteiger partial charge in [-0.15, -0.1) is 0 Å². The Morgan fingerprint density at radius 1 is 1.21 bits per heavy atom. The van der Waals surface area contributed by atoms with E-state index < -0.39 is 0 Å². The molecule has 0 saturated heterocycles. The number of carbonyl (C=O) groups is 2. The number of amides is 2. The van der Waals surface area contributed by atoms with Crippen molar-refractivity contribution >= 4 is 29.1 Å². The molecule has 1 saturated carbocycles. The van der Waals surface area contributed by atoms with Gasteiger partial charge in [0, 0.05) is 23.7 Å². The molecule has 6 nitrogen and oxygen atoms in total. The van der Waals surface area contributed by atoms with Crippen molar-refractivity contribution in [2.45, 2.75) is 26.3 Å². The van der Waals surface area contributed by atoms with E-state index in [1.54, 1.807) is 36.4 Å². The van der Waals surface area contributed by atoms with Crippen LogP contribution in [-0.4, -0.2) is 25.5 Å². The van der Waals surface area contributed by atoms with Gasteiger partial charge in [0.15, 0.2) is 11.5 Å². The zero-order valence-corrected chi connectivity index (χ0v) is 16.6. The van der Waals surface area contributed by atoms with E-state index >= 15 is 0 Å². The molecule has 2 N–H and O–H groups in total. The third-order valence-electron chi connectivity index (χ3n) is 4.37. The molecular formula is C21H23ClN2O4. The molecule has 0 atom stereocenters. The van der Waals surface area contributed by atoms with E-state index in [0.717, 1.165) is 18.4 Å². The average molecular weight is 403 g/mol. The second-order valence-electron chi connectivity index (χ2n) is 6.57. The van der Waals surface area contributed by atoms with Gasteiger partial charge in [-0.1, -0.05) is 17.7 Å². The number of anilines is 1. The van der Waals surface area contributed by atoms with Crippen molar-refractivity contribution < 1.29 is 19.1 Å². The number of halogens is 1. The number of benzene rings is 2. The van der Waals surface area contributed by atoms with Crippen LogP contribution < -0.4 is 20.1 Å². The van der Waals surface area contributed by atoms with Crippen molar-refractivity contribution in [3.63, 3.8) is 0 Å². The second-order valence-corrected chi connectivity index (χ2v) is 6.98. The summed E-state index contributed by atoms with van der Waals surface area (Å²) in [6.45, 7) is 2.62. The van der Waals surface area contributed by atoms with E-state index in [-0.39, 0.29) is 24.3 Å². The van der Waals surface area contributed by atoms with Gasteiger partial charge in [-0.3, -0.25) is 9.59 Å². The third-order valence-corrected chi connectivity index (χ3v) is 4.65. The molecule has 0 aliphatic heterocycles. The number of rotatable bonds is 8. The van der Waals surface area contributed by atoms with Crippen LogP contribution in [0.15, 0.2) is 36.4 Å². The highest BCUT2D eigenvalue weighted by molar-refractivity contribution is 6.32. The van der Waals surface area contributed by atoms with E-state index in [1.165, 1.54) is 7.11 Å². The van der Waals surface area contributed by atoms with E-state index in [9.17, 15) is 9.59 Å². The summed E-state index contributed by atoms with van der Waals surface area (Å²) in [5, 5.41) is 6.13. The minimum absolute atomic E-state index is 0.00804. The fourth-order valence-corrected chi connectivity index (χ4v) is 3.06. The highest BCUT2D eigenvalue weighted by Gasteiger charge is 2.29. The summed E-state index contributed by atoms with van der Waals surface area (Å²) in [7, 11) is 1.54. The van der Waals surface area contributed by atoms with Crippen LogP contribution in [-0.2, 0) is 11.3 Å². The topological polar surface area (TPSA) is 76.7 Å². The van der Waals surface area contributed by atoms with Gasteiger partial charge in [-0.2, -0.15) is 0 Å². The molecule has 0 spiro atoms. The Morgan fingerprint density at radius 2 is 2.00 bits per heavy atom. The molecular weight excluding hydrogens is 380 g/mol. The summed E-state index contributed by atoms with van der Waals surface area (Å²) in [4.78, 5) is 24.4. The predicted molar refractivity (Wildman–Crippen MR) is 108 cm³/mol. The maximum Gasteiger partial charge on any atom is 0.251 e. The third kappa shape index (κ3) is 4.95. The van der Waals surface area contributed by atoms with Gasteiger partial charge >= 0.3 is 0 Å². The number of nitrogens with one attached hydrogen (secondary N) is 2. The smallest absolute Gasteiger partial charge is 0.251 e. The molecule has 3 rings (SSSR count). The maximum atomic E-state index is 12.5. The maximum absolute atomic E-state index is 12.5. The normalized spacial score (nSPS) is 13.0. The monoisotopic (exact) mass is 402 g/mol. The van der Waals surface area contributed by atoms with Gasteiger partial charge in [0.25, 0.3) is 5.91 Å². The van der Waals surface area contributed by atoms with E-state index in [4.69, 9.17) is 21.1 Å². The first-order chi connectivity index (χ1) is 13.5. The van der Waals surface area contributed by atoms with Crippen LogP contribution in [0.2, 0.25) is 5.02 Å². The fraction of sp³-hybridized carbons (Fsp3) is 0.333. The summed E-state index contributed by atoms with van der Waals surface area (Å²) in [5.41, 5.74) is 1.88. The van der Waals surface area contributed by atoms with Crippen molar-refractivity contribution in [3.05, 3.63) is 52.5 Å². The van der Waals surface area contributed by atoms with Crippen molar-refractivity contribution in [1.29, 1.82) is 0 Å². The number of ether oxygens (including phenoxy) is 2. The molecule has 1 fully saturated rings. The number of methoxy groups -OCH3 is 1. The lowest BCUT2D eigenvalue weighted by Crippen LogP contribution is -2.23. The van der Waals surface area contributed by atoms with Crippen molar-refractivity contribution in [2.75, 3.05) is 19.0 Å². The summed E-state index contributed by atoms with van der Waals surface area (Å²) < 4.78 is 10.8. The first-order valence-corrected chi connectivity index (χ1v) is 9.58. The molecule has 0 aromatic heterocycles. The van der Waals surface area contributed by atoms with E-state index in [1.807, 2.05) is 6.92 Å². The Hall–Kier alpha value is -2.73. The summed E-state index contributed by atoms with van der Waals surface area (Å²) in [6.07, 6.45) is 1.86. The van der Waals surface area contributed by atoms with Crippen LogP contribution in [0.5, 0.6) is 11.5 Å². The van der Waals surface area contributed by atoms with Gasteiger partial charge < -0.3 is 20.1 Å². The van der Waals surface area contributed by atoms with E-state index in [0.29, 0.717) is 34.4 Å². The molecule has 2 aromatic rings. The van der Waals surface area contributed by atoms with Crippen LogP contribution in [0.4, 0.5) is 5.69 Å². The lowest BCUT2D eigenvalue weighted by molar-refractivity contribution is -0.117. The largest absolute Gasteiger partial charge is 0.493 e. The van der Waals surface area contributed by atoms with Gasteiger partial charge in [0.05, 0.1) is 18.7 Å². The molecule has 28 heavy (non-hydrogen) atoms. The van der Waals surface area contributed by atoms with Gasteiger partial charge in [-0.25, -0.2) is 0 Å². The van der Waals surface area contributed by atoms with E-state index in [2.05, 4.69) is 10.6 Å². The molecule has 1 aliphatic rings. The van der Waals surface area contributed by atoms with Gasteiger partial charge in [0.2, 0.25) is 5.91 Å². The Labute approximate surface area is 169 Å². The molecule has 7 heteroatoms. The number of hydrogen-bond donors (Lipinski definition) is 2. The Balaban J connectivity index is 1.65. The Bertz CT molecular complexity index is 881. The van der Waals surface area contributed by atoms with Crippen molar-refractivity contribution in [2.24, 2.45) is 5.92 Å². The van der Waals surface area contributed by atoms with Crippen LogP contribution in [0.25, 0.3) is 0 Å². The zero-order valence-electron chi connectivity index (χ0n) is 15.9. The second kappa shape index (κ2) is 8.97. The SMILES string of the molecule is CCOc1c(Cl)cc(CNC(=O)c2cccc(NC(=O)C3CC3)c2)cc1OC. The zero-order chi connectivity index (χ0) is 20.1.